The summed E-state index contributed by atoms with van der Waals surface area (Å²) >= 11 is 0. The van der Waals surface area contributed by atoms with Crippen molar-refractivity contribution in [1.29, 1.82) is 0 Å². The fourth-order valence-corrected chi connectivity index (χ4v) is 2.18. The maximum atomic E-state index is 11.3. The molecule has 98 valence electrons. The van der Waals surface area contributed by atoms with Crippen LogP contribution in [0.4, 0.5) is 0 Å². The molecule has 20 heavy (non-hydrogen) atoms. The van der Waals surface area contributed by atoms with Crippen molar-refractivity contribution in [3.8, 4) is 11.1 Å². The van der Waals surface area contributed by atoms with Crippen LogP contribution < -0.4 is 11.6 Å². The summed E-state index contributed by atoms with van der Waals surface area (Å²) in [7, 11) is 0. The quantitative estimate of drug-likeness (QED) is 0.528. The van der Waals surface area contributed by atoms with Crippen molar-refractivity contribution < 1.29 is 17.7 Å². The zero-order valence-electron chi connectivity index (χ0n) is 9.91. The van der Waals surface area contributed by atoms with E-state index in [-0.39, 0.29) is 22.3 Å². The molecule has 2 aromatic heterocycles. The van der Waals surface area contributed by atoms with Gasteiger partial charge in [-0.25, -0.2) is 9.59 Å². The molecule has 6 nitrogen and oxygen atoms in total. The van der Waals surface area contributed by atoms with E-state index in [1.54, 1.807) is 6.07 Å². The van der Waals surface area contributed by atoms with Gasteiger partial charge in [-0.2, -0.15) is 0 Å². The van der Waals surface area contributed by atoms with Gasteiger partial charge in [-0.1, -0.05) is 30.3 Å². The summed E-state index contributed by atoms with van der Waals surface area (Å²) in [6.45, 7) is 0. The lowest BCUT2D eigenvalue weighted by Crippen LogP contribution is -1.85. The summed E-state index contributed by atoms with van der Waals surface area (Å²) in [6.07, 6.45) is 0. The van der Waals surface area contributed by atoms with Gasteiger partial charge in [-0.15, -0.1) is 0 Å². The molecule has 0 unspecified atom stereocenters. The number of rotatable bonds is 1. The van der Waals surface area contributed by atoms with Crippen LogP contribution in [-0.2, 0) is 0 Å². The summed E-state index contributed by atoms with van der Waals surface area (Å²) in [5, 5.41) is 0. The van der Waals surface area contributed by atoms with Gasteiger partial charge in [-0.3, -0.25) is 0 Å². The maximum absolute atomic E-state index is 11.3. The van der Waals surface area contributed by atoms with E-state index in [1.807, 2.05) is 30.3 Å². The largest absolute Gasteiger partial charge is 0.519 e. The van der Waals surface area contributed by atoms with Crippen LogP contribution in [0, 0.1) is 0 Å². The van der Waals surface area contributed by atoms with Gasteiger partial charge in [-0.05, 0) is 11.6 Å². The minimum absolute atomic E-state index is 0.0653. The molecule has 0 spiro atoms. The Morgan fingerprint density at radius 3 is 2.15 bits per heavy atom. The molecule has 0 bridgehead atoms. The van der Waals surface area contributed by atoms with Crippen molar-refractivity contribution in [1.82, 2.24) is 0 Å². The molecule has 0 saturated carbocycles. The van der Waals surface area contributed by atoms with Crippen molar-refractivity contribution >= 4 is 22.3 Å². The molecule has 0 atom stereocenters. The zero-order chi connectivity index (χ0) is 13.7. The van der Waals surface area contributed by atoms with Crippen molar-refractivity contribution in [3.63, 3.8) is 0 Å². The third-order valence-electron chi connectivity index (χ3n) is 2.99. The Labute approximate surface area is 109 Å². The average Bonchev–Trinajstić information content (AvgIpc) is 3.00. The molecule has 0 amide bonds. The SMILES string of the molecule is O=c1oc2cc(-c3ccccc3)c3oc(=O)oc3c2o1. The van der Waals surface area contributed by atoms with Crippen LogP contribution in [0.2, 0.25) is 0 Å². The molecule has 0 saturated heterocycles. The molecule has 4 rings (SSSR count). The van der Waals surface area contributed by atoms with Gasteiger partial charge in [0.05, 0.1) is 0 Å². The van der Waals surface area contributed by atoms with Crippen LogP contribution >= 0.6 is 0 Å². The van der Waals surface area contributed by atoms with Gasteiger partial charge in [0.1, 0.15) is 0 Å². The molecule has 0 aliphatic carbocycles. The molecule has 0 N–H and O–H groups in total. The first-order valence-corrected chi connectivity index (χ1v) is 5.78. The second-order valence-corrected chi connectivity index (χ2v) is 4.18. The molecule has 0 aliphatic heterocycles. The summed E-state index contributed by atoms with van der Waals surface area (Å²) in [5.41, 5.74) is 1.94. The van der Waals surface area contributed by atoms with Gasteiger partial charge in [0.25, 0.3) is 0 Å². The Balaban J connectivity index is 2.23. The number of fused-ring (bicyclic) bond motifs is 3. The highest BCUT2D eigenvalue weighted by Crippen LogP contribution is 2.33. The average molecular weight is 270 g/mol. The molecule has 2 aromatic carbocycles. The highest BCUT2D eigenvalue weighted by Gasteiger charge is 2.20. The van der Waals surface area contributed by atoms with E-state index in [9.17, 15) is 9.59 Å². The zero-order valence-corrected chi connectivity index (χ0v) is 9.91. The van der Waals surface area contributed by atoms with Crippen LogP contribution in [0.15, 0.2) is 63.7 Å². The van der Waals surface area contributed by atoms with E-state index >= 15 is 0 Å². The van der Waals surface area contributed by atoms with Crippen molar-refractivity contribution in [2.24, 2.45) is 0 Å². The summed E-state index contributed by atoms with van der Waals surface area (Å²) in [6, 6.07) is 10.8. The van der Waals surface area contributed by atoms with Crippen LogP contribution in [0.25, 0.3) is 33.5 Å². The minimum atomic E-state index is -0.867. The van der Waals surface area contributed by atoms with Gasteiger partial charge >= 0.3 is 11.6 Å². The lowest BCUT2D eigenvalue weighted by Gasteiger charge is -2.00. The van der Waals surface area contributed by atoms with Crippen LogP contribution in [0.1, 0.15) is 0 Å². The Morgan fingerprint density at radius 1 is 0.700 bits per heavy atom. The first-order chi connectivity index (χ1) is 9.72. The normalized spacial score (nSPS) is 11.4. The molecule has 4 aromatic rings. The Kier molecular flexibility index (Phi) is 2.03. The fraction of sp³-hybridized carbons (Fsp3) is 0. The highest BCUT2D eigenvalue weighted by molar-refractivity contribution is 6.03. The smallest absolute Gasteiger partial charge is 0.391 e. The second-order valence-electron chi connectivity index (χ2n) is 4.18. The summed E-state index contributed by atoms with van der Waals surface area (Å²) in [4.78, 5) is 22.5. The van der Waals surface area contributed by atoms with Crippen molar-refractivity contribution in [2.75, 3.05) is 0 Å². The molecule has 0 fully saturated rings. The summed E-state index contributed by atoms with van der Waals surface area (Å²) in [5.74, 6) is -1.73. The second kappa shape index (κ2) is 3.74. The topological polar surface area (TPSA) is 86.7 Å². The standard InChI is InChI=1S/C14H6O6/c15-13-17-9-6-8(7-4-2-1-3-5-7)10-12(11(9)19-13)20-14(16)18-10/h1-6H. The van der Waals surface area contributed by atoms with E-state index in [0.29, 0.717) is 5.56 Å². The summed E-state index contributed by atoms with van der Waals surface area (Å²) < 4.78 is 19.8. The number of benzene rings is 2. The van der Waals surface area contributed by atoms with E-state index in [1.165, 1.54) is 0 Å². The fourth-order valence-electron chi connectivity index (χ4n) is 2.18. The van der Waals surface area contributed by atoms with E-state index in [2.05, 4.69) is 0 Å². The minimum Gasteiger partial charge on any atom is -0.391 e. The van der Waals surface area contributed by atoms with Gasteiger partial charge in [0, 0.05) is 5.56 Å². The number of hydrogen-bond donors (Lipinski definition) is 0. The first kappa shape index (κ1) is 10.9. The van der Waals surface area contributed by atoms with Gasteiger partial charge in [0.2, 0.25) is 11.2 Å². The molecule has 6 heteroatoms. The molecule has 0 radical (unpaired) electrons. The Morgan fingerprint density at radius 2 is 1.35 bits per heavy atom. The molecular formula is C14H6O6. The molecular weight excluding hydrogens is 264 g/mol. The monoisotopic (exact) mass is 270 g/mol. The number of hydrogen-bond acceptors (Lipinski definition) is 6. The van der Waals surface area contributed by atoms with E-state index < -0.39 is 11.6 Å². The Bertz CT molecular complexity index is 1030. The van der Waals surface area contributed by atoms with Crippen LogP contribution in [0.5, 0.6) is 0 Å². The molecule has 2 heterocycles. The van der Waals surface area contributed by atoms with Crippen LogP contribution in [-0.4, -0.2) is 0 Å². The Hall–Kier alpha value is -3.02. The van der Waals surface area contributed by atoms with E-state index in [0.717, 1.165) is 5.56 Å². The highest BCUT2D eigenvalue weighted by atomic mass is 16.6. The van der Waals surface area contributed by atoms with Gasteiger partial charge in [0.15, 0.2) is 11.2 Å². The predicted molar refractivity (Wildman–Crippen MR) is 68.5 cm³/mol. The van der Waals surface area contributed by atoms with Crippen molar-refractivity contribution in [2.45, 2.75) is 0 Å². The first-order valence-electron chi connectivity index (χ1n) is 5.78. The van der Waals surface area contributed by atoms with Crippen molar-refractivity contribution in [3.05, 3.63) is 57.6 Å². The van der Waals surface area contributed by atoms with Crippen LogP contribution in [0.3, 0.4) is 0 Å². The lowest BCUT2D eigenvalue weighted by molar-refractivity contribution is 0.398. The van der Waals surface area contributed by atoms with E-state index in [4.69, 9.17) is 17.7 Å². The lowest BCUT2D eigenvalue weighted by atomic mass is 10.0. The third kappa shape index (κ3) is 1.45. The third-order valence-corrected chi connectivity index (χ3v) is 2.99. The maximum Gasteiger partial charge on any atom is 0.519 e. The van der Waals surface area contributed by atoms with Gasteiger partial charge < -0.3 is 17.7 Å². The predicted octanol–water partition coefficient (Wildman–Crippen LogP) is 2.75. The molecule has 0 aliphatic rings.